The lowest BCUT2D eigenvalue weighted by Crippen LogP contribution is -2.57. The fraction of sp³-hybridized carbons (Fsp3) is 0.409. The SMILES string of the molecule is COc1cccc(C(=O)NCCN2CCC3(CC2)C(=O)NCN3c2ccccc2)n1. The smallest absolute Gasteiger partial charge is 0.270 e. The minimum Gasteiger partial charge on any atom is -0.481 e. The lowest BCUT2D eigenvalue weighted by molar-refractivity contribution is -0.125. The van der Waals surface area contributed by atoms with Crippen LogP contribution in [0.5, 0.6) is 5.88 Å². The highest BCUT2D eigenvalue weighted by Crippen LogP contribution is 2.35. The molecule has 30 heavy (non-hydrogen) atoms. The van der Waals surface area contributed by atoms with Gasteiger partial charge >= 0.3 is 0 Å². The Bertz CT molecular complexity index is 897. The molecule has 2 fully saturated rings. The van der Waals surface area contributed by atoms with E-state index in [1.807, 2.05) is 18.2 Å². The number of methoxy groups -OCH3 is 1. The molecule has 1 spiro atoms. The average molecular weight is 409 g/mol. The number of nitrogens with one attached hydrogen (secondary N) is 2. The van der Waals surface area contributed by atoms with Crippen LogP contribution in [0, 0.1) is 0 Å². The maximum absolute atomic E-state index is 12.7. The van der Waals surface area contributed by atoms with Crippen LogP contribution < -0.4 is 20.3 Å². The molecule has 0 atom stereocenters. The van der Waals surface area contributed by atoms with Crippen LogP contribution in [0.2, 0.25) is 0 Å². The summed E-state index contributed by atoms with van der Waals surface area (Å²) in [5.41, 5.74) is 0.932. The van der Waals surface area contributed by atoms with Gasteiger partial charge in [-0.05, 0) is 31.0 Å². The van der Waals surface area contributed by atoms with Gasteiger partial charge in [-0.1, -0.05) is 24.3 Å². The molecule has 3 heterocycles. The Hall–Kier alpha value is -3.13. The number of nitrogens with zero attached hydrogens (tertiary/aromatic N) is 3. The van der Waals surface area contributed by atoms with E-state index in [-0.39, 0.29) is 11.8 Å². The average Bonchev–Trinajstić information content (AvgIpc) is 3.11. The molecule has 2 aliphatic rings. The molecule has 2 saturated heterocycles. The van der Waals surface area contributed by atoms with Crippen LogP contribution in [0.25, 0.3) is 0 Å². The molecule has 8 heteroatoms. The van der Waals surface area contributed by atoms with Crippen molar-refractivity contribution in [1.29, 1.82) is 0 Å². The molecule has 1 aromatic heterocycles. The van der Waals surface area contributed by atoms with Gasteiger partial charge in [-0.15, -0.1) is 0 Å². The predicted octanol–water partition coefficient (Wildman–Crippen LogP) is 1.25. The number of ether oxygens (including phenoxy) is 1. The lowest BCUT2D eigenvalue weighted by atomic mass is 9.85. The highest BCUT2D eigenvalue weighted by molar-refractivity contribution is 5.93. The van der Waals surface area contributed by atoms with Crippen molar-refractivity contribution in [3.63, 3.8) is 0 Å². The van der Waals surface area contributed by atoms with Crippen molar-refractivity contribution in [3.05, 3.63) is 54.2 Å². The Morgan fingerprint density at radius 1 is 1.17 bits per heavy atom. The number of likely N-dealkylation sites (tertiary alicyclic amines) is 1. The zero-order valence-electron chi connectivity index (χ0n) is 17.1. The molecule has 4 rings (SSSR count). The molecule has 1 aromatic carbocycles. The molecule has 0 unspecified atom stereocenters. The van der Waals surface area contributed by atoms with E-state index in [2.05, 4.69) is 37.6 Å². The van der Waals surface area contributed by atoms with Crippen molar-refractivity contribution in [3.8, 4) is 5.88 Å². The van der Waals surface area contributed by atoms with Gasteiger partial charge in [0, 0.05) is 37.9 Å². The number of hydrogen-bond acceptors (Lipinski definition) is 6. The van der Waals surface area contributed by atoms with Crippen LogP contribution in [0.15, 0.2) is 48.5 Å². The number of para-hydroxylation sites is 1. The van der Waals surface area contributed by atoms with E-state index in [4.69, 9.17) is 4.74 Å². The first-order chi connectivity index (χ1) is 14.6. The largest absolute Gasteiger partial charge is 0.481 e. The van der Waals surface area contributed by atoms with Gasteiger partial charge in [0.05, 0.1) is 13.8 Å². The Labute approximate surface area is 176 Å². The number of hydrogen-bond donors (Lipinski definition) is 2. The van der Waals surface area contributed by atoms with E-state index in [0.717, 1.165) is 38.2 Å². The molecular formula is C22H27N5O3. The number of pyridine rings is 1. The monoisotopic (exact) mass is 409 g/mol. The van der Waals surface area contributed by atoms with Gasteiger partial charge in [-0.25, -0.2) is 4.98 Å². The van der Waals surface area contributed by atoms with E-state index in [0.29, 0.717) is 24.8 Å². The van der Waals surface area contributed by atoms with Crippen molar-refractivity contribution in [2.24, 2.45) is 0 Å². The highest BCUT2D eigenvalue weighted by atomic mass is 16.5. The van der Waals surface area contributed by atoms with Gasteiger partial charge < -0.3 is 25.2 Å². The minimum absolute atomic E-state index is 0.114. The molecule has 0 aliphatic carbocycles. The summed E-state index contributed by atoms with van der Waals surface area (Å²) in [6.45, 7) is 3.43. The Kier molecular flexibility index (Phi) is 5.85. The van der Waals surface area contributed by atoms with Gasteiger partial charge in [0.25, 0.3) is 5.91 Å². The molecule has 2 aliphatic heterocycles. The van der Waals surface area contributed by atoms with E-state index in [1.54, 1.807) is 18.2 Å². The predicted molar refractivity (Wildman–Crippen MR) is 113 cm³/mol. The first-order valence-electron chi connectivity index (χ1n) is 10.2. The number of aromatic nitrogens is 1. The standard InChI is InChI=1S/C22H27N5O3/c1-30-19-9-5-8-18(25-19)20(28)23-12-15-26-13-10-22(11-14-26)21(29)24-16-27(22)17-6-3-2-4-7-17/h2-9H,10-16H2,1H3,(H,23,28)(H,24,29). The first kappa shape index (κ1) is 20.2. The molecule has 158 valence electrons. The van der Waals surface area contributed by atoms with Crippen molar-refractivity contribution in [2.45, 2.75) is 18.4 Å². The zero-order chi connectivity index (χ0) is 21.0. The van der Waals surface area contributed by atoms with Gasteiger partial charge in [0.15, 0.2) is 0 Å². The van der Waals surface area contributed by atoms with E-state index < -0.39 is 5.54 Å². The fourth-order valence-electron chi connectivity index (χ4n) is 4.25. The molecule has 0 radical (unpaired) electrons. The van der Waals surface area contributed by atoms with Gasteiger partial charge in [0.1, 0.15) is 11.2 Å². The number of amides is 2. The quantitative estimate of drug-likeness (QED) is 0.747. The fourth-order valence-corrected chi connectivity index (χ4v) is 4.25. The summed E-state index contributed by atoms with van der Waals surface area (Å²) < 4.78 is 5.06. The Morgan fingerprint density at radius 3 is 2.67 bits per heavy atom. The van der Waals surface area contributed by atoms with E-state index in [9.17, 15) is 9.59 Å². The molecule has 2 aromatic rings. The summed E-state index contributed by atoms with van der Waals surface area (Å²) >= 11 is 0. The van der Waals surface area contributed by atoms with Crippen molar-refractivity contribution >= 4 is 17.5 Å². The maximum Gasteiger partial charge on any atom is 0.270 e. The topological polar surface area (TPSA) is 86.8 Å². The Balaban J connectivity index is 1.30. The van der Waals surface area contributed by atoms with Gasteiger partial charge in [0.2, 0.25) is 11.8 Å². The lowest BCUT2D eigenvalue weighted by Gasteiger charge is -2.43. The number of rotatable bonds is 6. The highest BCUT2D eigenvalue weighted by Gasteiger charge is 2.50. The van der Waals surface area contributed by atoms with Crippen LogP contribution in [0.3, 0.4) is 0 Å². The van der Waals surface area contributed by atoms with Crippen LogP contribution >= 0.6 is 0 Å². The van der Waals surface area contributed by atoms with Crippen molar-refractivity contribution in [1.82, 2.24) is 20.5 Å². The number of carbonyl (C=O) groups excluding carboxylic acids is 2. The zero-order valence-corrected chi connectivity index (χ0v) is 17.1. The third-order valence-corrected chi connectivity index (χ3v) is 5.97. The Morgan fingerprint density at radius 2 is 1.93 bits per heavy atom. The van der Waals surface area contributed by atoms with Gasteiger partial charge in [-0.2, -0.15) is 0 Å². The molecule has 0 saturated carbocycles. The third kappa shape index (κ3) is 3.95. The van der Waals surface area contributed by atoms with E-state index in [1.165, 1.54) is 7.11 Å². The second-order valence-electron chi connectivity index (χ2n) is 7.62. The van der Waals surface area contributed by atoms with Crippen molar-refractivity contribution in [2.75, 3.05) is 44.9 Å². The van der Waals surface area contributed by atoms with E-state index >= 15 is 0 Å². The van der Waals surface area contributed by atoms with Crippen molar-refractivity contribution < 1.29 is 14.3 Å². The molecule has 8 nitrogen and oxygen atoms in total. The first-order valence-corrected chi connectivity index (χ1v) is 10.2. The van der Waals surface area contributed by atoms with Crippen LogP contribution in [-0.2, 0) is 4.79 Å². The number of benzene rings is 1. The number of anilines is 1. The second kappa shape index (κ2) is 8.71. The van der Waals surface area contributed by atoms with Crippen LogP contribution in [-0.4, -0.2) is 67.2 Å². The summed E-state index contributed by atoms with van der Waals surface area (Å²) in [4.78, 5) is 33.6. The molecule has 2 N–H and O–H groups in total. The third-order valence-electron chi connectivity index (χ3n) is 5.97. The second-order valence-corrected chi connectivity index (χ2v) is 7.62. The van der Waals surface area contributed by atoms with Gasteiger partial charge in [-0.3, -0.25) is 9.59 Å². The molecule has 2 amide bonds. The maximum atomic E-state index is 12.7. The molecular weight excluding hydrogens is 382 g/mol. The summed E-state index contributed by atoms with van der Waals surface area (Å²) in [5.74, 6) is 0.318. The summed E-state index contributed by atoms with van der Waals surface area (Å²) in [6.07, 6.45) is 1.53. The number of carbonyl (C=O) groups is 2. The van der Waals surface area contributed by atoms with Crippen LogP contribution in [0.4, 0.5) is 5.69 Å². The van der Waals surface area contributed by atoms with Crippen LogP contribution in [0.1, 0.15) is 23.3 Å². The summed E-state index contributed by atoms with van der Waals surface area (Å²) in [6, 6.07) is 15.2. The summed E-state index contributed by atoms with van der Waals surface area (Å²) in [7, 11) is 1.52. The normalized spacial score (nSPS) is 18.3. The summed E-state index contributed by atoms with van der Waals surface area (Å²) in [5, 5.41) is 5.94. The minimum atomic E-state index is -0.481. The molecule has 0 bridgehead atoms. The number of piperidine rings is 1.